The first kappa shape index (κ1) is 22.4. The normalized spacial score (nSPS) is 17.7. The Morgan fingerprint density at radius 2 is 1.88 bits per heavy atom. The lowest BCUT2D eigenvalue weighted by Crippen LogP contribution is -2.57. The van der Waals surface area contributed by atoms with E-state index in [2.05, 4.69) is 17.5 Å². The third kappa shape index (κ3) is 8.29. The van der Waals surface area contributed by atoms with Crippen LogP contribution in [0.3, 0.4) is 0 Å². The standard InChI is InChI=1S/C13H22N2O8S/c1-6(17)15-11(13(22)12(21)7(18)4-16)8(2-3-10(19)20)23-5-9(14)24/h2-3,7-8,11-13,16,18,21-22H,4-5H2,1H3,(H2,14,24)(H,15,17)(H,19,20)/b3-2+/t7-,8+,11-,12-,13-/m1/s1. The van der Waals surface area contributed by atoms with Crippen LogP contribution in [0, 0.1) is 0 Å². The number of nitrogens with one attached hydrogen (secondary N) is 1. The number of aliphatic hydroxyl groups is 4. The van der Waals surface area contributed by atoms with Gasteiger partial charge in [0.25, 0.3) is 0 Å². The van der Waals surface area contributed by atoms with Crippen LogP contribution in [0.1, 0.15) is 6.92 Å². The topological polar surface area (TPSA) is 183 Å². The Morgan fingerprint density at radius 1 is 1.29 bits per heavy atom. The molecule has 0 radical (unpaired) electrons. The Kier molecular flexibility index (Phi) is 10.3. The summed E-state index contributed by atoms with van der Waals surface area (Å²) in [5, 5.41) is 49.3. The van der Waals surface area contributed by atoms with E-state index in [9.17, 15) is 24.9 Å². The molecule has 0 aromatic heterocycles. The van der Waals surface area contributed by atoms with E-state index in [1.54, 1.807) is 0 Å². The minimum Gasteiger partial charge on any atom is -0.478 e. The van der Waals surface area contributed by atoms with Crippen molar-refractivity contribution in [1.82, 2.24) is 5.32 Å². The lowest BCUT2D eigenvalue weighted by molar-refractivity contribution is -0.131. The van der Waals surface area contributed by atoms with Crippen LogP contribution >= 0.6 is 12.2 Å². The van der Waals surface area contributed by atoms with Crippen LogP contribution in [0.5, 0.6) is 0 Å². The molecule has 0 rings (SSSR count). The number of carbonyl (C=O) groups excluding carboxylic acids is 1. The molecule has 0 bridgehead atoms. The highest BCUT2D eigenvalue weighted by atomic mass is 32.1. The van der Waals surface area contributed by atoms with Crippen molar-refractivity contribution in [3.63, 3.8) is 0 Å². The first-order valence-electron chi connectivity index (χ1n) is 6.83. The molecule has 24 heavy (non-hydrogen) atoms. The van der Waals surface area contributed by atoms with E-state index in [-0.39, 0.29) is 11.6 Å². The van der Waals surface area contributed by atoms with Crippen molar-refractivity contribution in [2.75, 3.05) is 13.2 Å². The van der Waals surface area contributed by atoms with Crippen LogP contribution in [0.4, 0.5) is 0 Å². The zero-order valence-electron chi connectivity index (χ0n) is 12.9. The van der Waals surface area contributed by atoms with Crippen molar-refractivity contribution in [1.29, 1.82) is 0 Å². The number of hydrogen-bond acceptors (Lipinski definition) is 8. The van der Waals surface area contributed by atoms with Gasteiger partial charge in [-0.2, -0.15) is 0 Å². The molecule has 0 aliphatic heterocycles. The van der Waals surface area contributed by atoms with Crippen LogP contribution in [0.2, 0.25) is 0 Å². The lowest BCUT2D eigenvalue weighted by Gasteiger charge is -2.33. The monoisotopic (exact) mass is 366 g/mol. The van der Waals surface area contributed by atoms with Crippen molar-refractivity contribution in [3.05, 3.63) is 12.2 Å². The Bertz CT molecular complexity index is 473. The third-order valence-corrected chi connectivity index (χ3v) is 2.99. The summed E-state index contributed by atoms with van der Waals surface area (Å²) in [5.74, 6) is -1.93. The average Bonchev–Trinajstić information content (AvgIpc) is 2.50. The fraction of sp³-hybridized carbons (Fsp3) is 0.615. The minimum absolute atomic E-state index is 0.0595. The number of aliphatic carboxylic acids is 1. The maximum atomic E-state index is 11.3. The maximum Gasteiger partial charge on any atom is 0.328 e. The molecule has 138 valence electrons. The first-order chi connectivity index (χ1) is 11.1. The van der Waals surface area contributed by atoms with Gasteiger partial charge in [0.2, 0.25) is 5.91 Å². The van der Waals surface area contributed by atoms with E-state index in [4.69, 9.17) is 20.7 Å². The molecule has 0 unspecified atom stereocenters. The Labute approximate surface area is 143 Å². The van der Waals surface area contributed by atoms with Crippen molar-refractivity contribution in [2.24, 2.45) is 5.73 Å². The number of aliphatic hydroxyl groups excluding tert-OH is 4. The van der Waals surface area contributed by atoms with Gasteiger partial charge in [0, 0.05) is 13.0 Å². The molecule has 0 aromatic rings. The molecule has 0 spiro atoms. The SMILES string of the molecule is CC(=O)N[C@@H]([C@@H](O)[C@H](O)[C@H](O)CO)[C@H](/C=C/C(=O)O)OCC(N)=S. The van der Waals surface area contributed by atoms with Crippen molar-refractivity contribution in [2.45, 2.75) is 37.4 Å². The number of carboxylic acid groups (broad SMARTS) is 1. The number of thiocarbonyl (C=S) groups is 1. The summed E-state index contributed by atoms with van der Waals surface area (Å²) in [4.78, 5) is 22.0. The molecule has 0 saturated heterocycles. The molecular formula is C13H22N2O8S. The minimum atomic E-state index is -1.83. The van der Waals surface area contributed by atoms with E-state index in [1.807, 2.05) is 0 Å². The van der Waals surface area contributed by atoms with Crippen LogP contribution in [0.15, 0.2) is 12.2 Å². The molecule has 0 aliphatic carbocycles. The van der Waals surface area contributed by atoms with E-state index in [1.165, 1.54) is 0 Å². The molecule has 0 aromatic carbocycles. The maximum absolute atomic E-state index is 11.3. The summed E-state index contributed by atoms with van der Waals surface area (Å²) in [7, 11) is 0. The zero-order valence-corrected chi connectivity index (χ0v) is 13.7. The summed E-state index contributed by atoms with van der Waals surface area (Å²) in [6.07, 6.45) is -4.81. The highest BCUT2D eigenvalue weighted by molar-refractivity contribution is 7.80. The summed E-state index contributed by atoms with van der Waals surface area (Å²) in [6, 6.07) is -1.34. The fourth-order valence-electron chi connectivity index (χ4n) is 1.78. The molecule has 10 nitrogen and oxygen atoms in total. The van der Waals surface area contributed by atoms with E-state index in [0.717, 1.165) is 13.0 Å². The smallest absolute Gasteiger partial charge is 0.328 e. The van der Waals surface area contributed by atoms with Crippen LogP contribution in [0.25, 0.3) is 0 Å². The van der Waals surface area contributed by atoms with Gasteiger partial charge in [-0.25, -0.2) is 4.79 Å². The largest absolute Gasteiger partial charge is 0.478 e. The van der Waals surface area contributed by atoms with Crippen molar-refractivity contribution in [3.8, 4) is 0 Å². The van der Waals surface area contributed by atoms with E-state index < -0.39 is 48.9 Å². The van der Waals surface area contributed by atoms with Gasteiger partial charge in [0.05, 0.1) is 30.3 Å². The number of ether oxygens (including phenoxy) is 1. The van der Waals surface area contributed by atoms with E-state index >= 15 is 0 Å². The second-order valence-electron chi connectivity index (χ2n) is 4.90. The molecule has 0 aliphatic rings. The summed E-state index contributed by atoms with van der Waals surface area (Å²) in [6.45, 7) is -0.0000851. The summed E-state index contributed by atoms with van der Waals surface area (Å²) < 4.78 is 5.26. The first-order valence-corrected chi connectivity index (χ1v) is 7.24. The highest BCUT2D eigenvalue weighted by Crippen LogP contribution is 2.13. The third-order valence-electron chi connectivity index (χ3n) is 2.87. The zero-order chi connectivity index (χ0) is 18.9. The second kappa shape index (κ2) is 11.0. The molecule has 0 saturated carbocycles. The fourth-order valence-corrected chi connectivity index (χ4v) is 1.85. The quantitative estimate of drug-likeness (QED) is 0.146. The van der Waals surface area contributed by atoms with Crippen molar-refractivity contribution < 1.29 is 39.9 Å². The summed E-state index contributed by atoms with van der Waals surface area (Å²) in [5.41, 5.74) is 5.30. The Hall–Kier alpha value is -1.63. The number of hydrogen-bond donors (Lipinski definition) is 7. The van der Waals surface area contributed by atoms with Gasteiger partial charge >= 0.3 is 5.97 Å². The number of carboxylic acids is 1. The molecular weight excluding hydrogens is 344 g/mol. The lowest BCUT2D eigenvalue weighted by atomic mass is 9.96. The number of rotatable bonds is 11. The molecule has 5 atom stereocenters. The second-order valence-corrected chi connectivity index (χ2v) is 5.42. The highest BCUT2D eigenvalue weighted by Gasteiger charge is 2.36. The van der Waals surface area contributed by atoms with Gasteiger partial charge < -0.3 is 41.3 Å². The van der Waals surface area contributed by atoms with Gasteiger partial charge in [-0.05, 0) is 6.08 Å². The van der Waals surface area contributed by atoms with Gasteiger partial charge in [-0.3, -0.25) is 4.79 Å². The van der Waals surface area contributed by atoms with Crippen LogP contribution in [-0.2, 0) is 14.3 Å². The number of nitrogens with two attached hydrogens (primary N) is 1. The van der Waals surface area contributed by atoms with Crippen LogP contribution < -0.4 is 11.1 Å². The molecule has 0 fully saturated rings. The van der Waals surface area contributed by atoms with Gasteiger partial charge in [0.15, 0.2) is 0 Å². The molecule has 1 amide bonds. The van der Waals surface area contributed by atoms with Crippen molar-refractivity contribution >= 4 is 29.1 Å². The van der Waals surface area contributed by atoms with Gasteiger partial charge in [-0.15, -0.1) is 0 Å². The Morgan fingerprint density at radius 3 is 2.29 bits per heavy atom. The van der Waals surface area contributed by atoms with Gasteiger partial charge in [0.1, 0.15) is 18.3 Å². The average molecular weight is 366 g/mol. The molecule has 0 heterocycles. The predicted molar refractivity (Wildman–Crippen MR) is 86.0 cm³/mol. The predicted octanol–water partition coefficient (Wildman–Crippen LogP) is -3.12. The number of carbonyl (C=O) groups is 2. The summed E-state index contributed by atoms with van der Waals surface area (Å²) >= 11 is 4.64. The number of amides is 1. The molecule has 11 heteroatoms. The molecule has 8 N–H and O–H groups in total. The van der Waals surface area contributed by atoms with Gasteiger partial charge in [-0.1, -0.05) is 12.2 Å². The van der Waals surface area contributed by atoms with E-state index in [0.29, 0.717) is 6.08 Å². The van der Waals surface area contributed by atoms with Crippen LogP contribution in [-0.4, -0.2) is 86.1 Å². The Balaban J connectivity index is 5.50.